The lowest BCUT2D eigenvalue weighted by Crippen LogP contribution is -2.41. The van der Waals surface area contributed by atoms with Crippen molar-refractivity contribution in [1.29, 1.82) is 0 Å². The monoisotopic (exact) mass is 444 g/mol. The molecular weight excluding hydrogens is 416 g/mol. The first kappa shape index (κ1) is 21.3. The number of methoxy groups -OCH3 is 1. The van der Waals surface area contributed by atoms with Crippen molar-refractivity contribution in [2.24, 2.45) is 0 Å². The number of nitrogens with zero attached hydrogens (tertiary/aromatic N) is 1. The maximum absolute atomic E-state index is 12.9. The van der Waals surface area contributed by atoms with Crippen LogP contribution in [0.5, 0.6) is 11.5 Å². The van der Waals surface area contributed by atoms with Gasteiger partial charge in [-0.05, 0) is 49.9 Å². The van der Waals surface area contributed by atoms with E-state index in [1.807, 2.05) is 68.4 Å². The number of rotatable bonds is 6. The Balaban J connectivity index is 1.24. The highest BCUT2D eigenvalue weighted by Gasteiger charge is 2.35. The largest absolute Gasteiger partial charge is 0.497 e. The molecule has 0 radical (unpaired) electrons. The van der Waals surface area contributed by atoms with Crippen LogP contribution in [0.15, 0.2) is 54.6 Å². The van der Waals surface area contributed by atoms with Gasteiger partial charge < -0.3 is 19.7 Å². The van der Waals surface area contributed by atoms with Gasteiger partial charge in [-0.15, -0.1) is 0 Å². The second-order valence-corrected chi connectivity index (χ2v) is 9.33. The Morgan fingerprint density at radius 2 is 1.97 bits per heavy atom. The van der Waals surface area contributed by atoms with Crippen molar-refractivity contribution in [3.63, 3.8) is 0 Å². The molecule has 0 spiro atoms. The van der Waals surface area contributed by atoms with Gasteiger partial charge in [0.15, 0.2) is 0 Å². The van der Waals surface area contributed by atoms with Crippen LogP contribution in [0.3, 0.4) is 0 Å². The van der Waals surface area contributed by atoms with E-state index in [9.17, 15) is 9.59 Å². The van der Waals surface area contributed by atoms with Crippen molar-refractivity contribution >= 4 is 28.3 Å². The van der Waals surface area contributed by atoms with Gasteiger partial charge in [0.05, 0.1) is 18.8 Å². The number of hydrogen-bond acceptors (Lipinski definition) is 4. The average Bonchev–Trinajstić information content (AvgIpc) is 3.06. The summed E-state index contributed by atoms with van der Waals surface area (Å²) in [6.45, 7) is 4.55. The lowest BCUT2D eigenvalue weighted by atomic mass is 9.89. The van der Waals surface area contributed by atoms with Crippen LogP contribution in [-0.4, -0.2) is 31.1 Å². The topological polar surface area (TPSA) is 67.9 Å². The Morgan fingerprint density at radius 1 is 1.18 bits per heavy atom. The first-order valence-electron chi connectivity index (χ1n) is 11.4. The molecule has 3 aromatic carbocycles. The van der Waals surface area contributed by atoms with E-state index in [0.717, 1.165) is 39.1 Å². The Labute approximate surface area is 193 Å². The fourth-order valence-corrected chi connectivity index (χ4v) is 4.95. The van der Waals surface area contributed by atoms with E-state index in [2.05, 4.69) is 5.32 Å². The quantitative estimate of drug-likeness (QED) is 0.581. The fourth-order valence-electron chi connectivity index (χ4n) is 4.95. The van der Waals surface area contributed by atoms with Gasteiger partial charge in [0, 0.05) is 42.0 Å². The summed E-state index contributed by atoms with van der Waals surface area (Å²) in [5, 5.41) is 5.25. The van der Waals surface area contributed by atoms with Crippen molar-refractivity contribution in [2.75, 3.05) is 18.6 Å². The van der Waals surface area contributed by atoms with Gasteiger partial charge >= 0.3 is 0 Å². The Kier molecular flexibility index (Phi) is 5.23. The maximum Gasteiger partial charge on any atom is 0.258 e. The third-order valence-electron chi connectivity index (χ3n) is 6.45. The SMILES string of the molecule is COc1ccc2c(c1)OC(C)(C)C[C@@H]2NC(=O)CCCN1C(=O)c2cccc3cccc1c23. The number of carbonyl (C=O) groups excluding carboxylic acids is 2. The summed E-state index contributed by atoms with van der Waals surface area (Å²) in [5.41, 5.74) is 2.23. The molecule has 1 atom stereocenters. The van der Waals surface area contributed by atoms with E-state index in [-0.39, 0.29) is 17.9 Å². The number of ether oxygens (including phenoxy) is 2. The number of amides is 2. The van der Waals surface area contributed by atoms with Crippen LogP contribution >= 0.6 is 0 Å². The molecule has 1 N–H and O–H groups in total. The second-order valence-electron chi connectivity index (χ2n) is 9.33. The number of benzene rings is 3. The zero-order valence-electron chi connectivity index (χ0n) is 19.2. The van der Waals surface area contributed by atoms with Crippen LogP contribution in [0.4, 0.5) is 5.69 Å². The summed E-state index contributed by atoms with van der Waals surface area (Å²) in [7, 11) is 1.62. The van der Waals surface area contributed by atoms with E-state index in [1.165, 1.54) is 0 Å². The van der Waals surface area contributed by atoms with Crippen molar-refractivity contribution in [3.05, 3.63) is 65.7 Å². The van der Waals surface area contributed by atoms with Crippen molar-refractivity contribution in [1.82, 2.24) is 5.32 Å². The number of nitrogens with one attached hydrogen (secondary N) is 1. The predicted octanol–water partition coefficient (Wildman–Crippen LogP) is 5.01. The minimum atomic E-state index is -0.399. The van der Waals surface area contributed by atoms with Gasteiger partial charge in [0.25, 0.3) is 5.91 Å². The highest BCUT2D eigenvalue weighted by molar-refractivity contribution is 6.25. The van der Waals surface area contributed by atoms with Crippen molar-refractivity contribution < 1.29 is 19.1 Å². The maximum atomic E-state index is 12.9. The first-order valence-corrected chi connectivity index (χ1v) is 11.4. The molecule has 0 saturated heterocycles. The number of hydrogen-bond donors (Lipinski definition) is 1. The molecule has 0 fully saturated rings. The Morgan fingerprint density at radius 3 is 2.76 bits per heavy atom. The zero-order chi connectivity index (χ0) is 23.2. The Bertz CT molecular complexity index is 1240. The number of fused-ring (bicyclic) bond motifs is 1. The molecule has 6 heteroatoms. The molecule has 170 valence electrons. The molecule has 0 bridgehead atoms. The number of carbonyl (C=O) groups is 2. The van der Waals surface area contributed by atoms with Crippen molar-refractivity contribution in [2.45, 2.75) is 44.8 Å². The summed E-state index contributed by atoms with van der Waals surface area (Å²) >= 11 is 0. The standard InChI is InChI=1S/C27H28N2O4/c1-27(2)16-21(19-13-12-18(32-3)15-23(19)33-27)28-24(30)11-6-14-29-22-10-5-8-17-7-4-9-20(25(17)22)26(29)31/h4-5,7-10,12-13,15,21H,6,11,14,16H2,1-3H3,(H,28,30)/t21-/m0/s1. The summed E-state index contributed by atoms with van der Waals surface area (Å²) in [4.78, 5) is 27.6. The average molecular weight is 445 g/mol. The lowest BCUT2D eigenvalue weighted by Gasteiger charge is -2.38. The third-order valence-corrected chi connectivity index (χ3v) is 6.45. The molecule has 6 nitrogen and oxygen atoms in total. The van der Waals surface area contributed by atoms with Crippen LogP contribution < -0.4 is 19.7 Å². The fraction of sp³-hybridized carbons (Fsp3) is 0.333. The van der Waals surface area contributed by atoms with E-state index in [4.69, 9.17) is 9.47 Å². The molecule has 2 heterocycles. The van der Waals surface area contributed by atoms with Crippen LogP contribution in [0.1, 0.15) is 55.1 Å². The second kappa shape index (κ2) is 8.10. The van der Waals surface area contributed by atoms with Gasteiger partial charge in [-0.1, -0.05) is 24.3 Å². The normalized spacial score (nSPS) is 18.1. The zero-order valence-corrected chi connectivity index (χ0v) is 19.2. The molecule has 2 aliphatic heterocycles. The van der Waals surface area contributed by atoms with Gasteiger partial charge in [0.1, 0.15) is 17.1 Å². The van der Waals surface area contributed by atoms with Crippen LogP contribution in [0, 0.1) is 0 Å². The molecule has 3 aromatic rings. The summed E-state index contributed by atoms with van der Waals surface area (Å²) < 4.78 is 11.4. The predicted molar refractivity (Wildman–Crippen MR) is 128 cm³/mol. The minimum Gasteiger partial charge on any atom is -0.497 e. The van der Waals surface area contributed by atoms with E-state index < -0.39 is 5.60 Å². The molecule has 0 unspecified atom stereocenters. The highest BCUT2D eigenvalue weighted by atomic mass is 16.5. The van der Waals surface area contributed by atoms with Gasteiger partial charge in [0.2, 0.25) is 5.91 Å². The lowest BCUT2D eigenvalue weighted by molar-refractivity contribution is -0.122. The van der Waals surface area contributed by atoms with E-state index in [1.54, 1.807) is 12.0 Å². The van der Waals surface area contributed by atoms with Crippen LogP contribution in [0.25, 0.3) is 10.8 Å². The molecule has 5 rings (SSSR count). The van der Waals surface area contributed by atoms with Crippen LogP contribution in [-0.2, 0) is 4.79 Å². The molecular formula is C27H28N2O4. The third kappa shape index (κ3) is 3.90. The van der Waals surface area contributed by atoms with Gasteiger partial charge in [-0.2, -0.15) is 0 Å². The molecule has 0 aromatic heterocycles. The van der Waals surface area contributed by atoms with Gasteiger partial charge in [-0.3, -0.25) is 9.59 Å². The first-order chi connectivity index (χ1) is 15.9. The molecule has 33 heavy (non-hydrogen) atoms. The highest BCUT2D eigenvalue weighted by Crippen LogP contribution is 2.41. The molecule has 0 aliphatic carbocycles. The Hall–Kier alpha value is -3.54. The summed E-state index contributed by atoms with van der Waals surface area (Å²) in [6, 6.07) is 17.4. The van der Waals surface area contributed by atoms with Gasteiger partial charge in [-0.25, -0.2) is 0 Å². The van der Waals surface area contributed by atoms with E-state index in [0.29, 0.717) is 25.8 Å². The smallest absolute Gasteiger partial charge is 0.258 e. The summed E-state index contributed by atoms with van der Waals surface area (Å²) in [5.74, 6) is 1.45. The number of anilines is 1. The molecule has 0 saturated carbocycles. The molecule has 2 aliphatic rings. The minimum absolute atomic E-state index is 0.0104. The molecule has 2 amide bonds. The van der Waals surface area contributed by atoms with E-state index >= 15 is 0 Å². The van der Waals surface area contributed by atoms with Crippen LogP contribution in [0.2, 0.25) is 0 Å². The summed E-state index contributed by atoms with van der Waals surface area (Å²) in [6.07, 6.45) is 1.61. The van der Waals surface area contributed by atoms with Crippen molar-refractivity contribution in [3.8, 4) is 11.5 Å².